The number of benzene rings is 1. The van der Waals surface area contributed by atoms with E-state index >= 15 is 0 Å². The Morgan fingerprint density at radius 2 is 2.25 bits per heavy atom. The number of thiophene rings is 1. The fourth-order valence-electron chi connectivity index (χ4n) is 3.66. The standard InChI is InChI=1S/C20H18N4O2S2/c1-3-26-12-6-7-14-16(9-12)28-20(21-14)24-19-18(11(2)23-24)13(10-17(25)22-19)15-5-4-8-27-15/h4-9,13H,3,10H2,1-2H3,(H,22,25). The Hall–Kier alpha value is -2.71. The van der Waals surface area contributed by atoms with Gasteiger partial charge in [-0.1, -0.05) is 17.4 Å². The van der Waals surface area contributed by atoms with Crippen LogP contribution in [0.5, 0.6) is 5.75 Å². The van der Waals surface area contributed by atoms with Crippen LogP contribution in [0.3, 0.4) is 0 Å². The van der Waals surface area contributed by atoms with E-state index in [1.54, 1.807) is 16.0 Å². The molecule has 1 atom stereocenters. The molecule has 0 bridgehead atoms. The third kappa shape index (κ3) is 2.80. The highest BCUT2D eigenvalue weighted by Crippen LogP contribution is 2.42. The molecule has 142 valence electrons. The van der Waals surface area contributed by atoms with E-state index in [2.05, 4.69) is 11.4 Å². The summed E-state index contributed by atoms with van der Waals surface area (Å²) in [5, 5.41) is 10.5. The normalized spacial score (nSPS) is 16.2. The monoisotopic (exact) mass is 410 g/mol. The maximum Gasteiger partial charge on any atom is 0.226 e. The first-order valence-corrected chi connectivity index (χ1v) is 10.8. The molecule has 0 radical (unpaired) electrons. The lowest BCUT2D eigenvalue weighted by Crippen LogP contribution is -2.24. The summed E-state index contributed by atoms with van der Waals surface area (Å²) in [5.74, 6) is 1.61. The minimum absolute atomic E-state index is 0.00629. The molecule has 1 N–H and O–H groups in total. The van der Waals surface area contributed by atoms with Crippen molar-refractivity contribution < 1.29 is 9.53 Å². The Bertz CT molecular complexity index is 1180. The van der Waals surface area contributed by atoms with Gasteiger partial charge < -0.3 is 10.1 Å². The number of nitrogens with zero attached hydrogens (tertiary/aromatic N) is 3. The SMILES string of the molecule is CCOc1ccc2nc(-n3nc(C)c4c3NC(=O)CC4c3cccs3)sc2c1. The second-order valence-corrected chi connectivity index (χ2v) is 8.63. The van der Waals surface area contributed by atoms with E-state index in [0.717, 1.165) is 38.2 Å². The Morgan fingerprint density at radius 3 is 3.04 bits per heavy atom. The number of anilines is 1. The van der Waals surface area contributed by atoms with Crippen molar-refractivity contribution in [1.29, 1.82) is 0 Å². The van der Waals surface area contributed by atoms with E-state index in [-0.39, 0.29) is 11.8 Å². The second kappa shape index (κ2) is 6.72. The first kappa shape index (κ1) is 17.4. The van der Waals surface area contributed by atoms with Crippen LogP contribution in [0, 0.1) is 6.92 Å². The van der Waals surface area contributed by atoms with Gasteiger partial charge in [0.2, 0.25) is 11.0 Å². The van der Waals surface area contributed by atoms with Crippen molar-refractivity contribution in [3.05, 3.63) is 51.8 Å². The van der Waals surface area contributed by atoms with E-state index in [1.807, 2.05) is 43.5 Å². The molecule has 0 aliphatic carbocycles. The van der Waals surface area contributed by atoms with E-state index in [0.29, 0.717) is 13.0 Å². The van der Waals surface area contributed by atoms with Crippen molar-refractivity contribution in [2.24, 2.45) is 0 Å². The molecule has 6 nitrogen and oxygen atoms in total. The molecule has 4 heterocycles. The van der Waals surface area contributed by atoms with Crippen molar-refractivity contribution in [1.82, 2.24) is 14.8 Å². The Kier molecular flexibility index (Phi) is 4.17. The lowest BCUT2D eigenvalue weighted by atomic mass is 9.91. The number of aryl methyl sites for hydroxylation is 1. The molecule has 0 saturated heterocycles. The molecule has 8 heteroatoms. The number of thiazole rings is 1. The molecule has 1 unspecified atom stereocenters. The molecular formula is C20H18N4O2S2. The largest absolute Gasteiger partial charge is 0.494 e. The minimum Gasteiger partial charge on any atom is -0.494 e. The van der Waals surface area contributed by atoms with Crippen LogP contribution >= 0.6 is 22.7 Å². The van der Waals surface area contributed by atoms with Gasteiger partial charge >= 0.3 is 0 Å². The van der Waals surface area contributed by atoms with E-state index < -0.39 is 0 Å². The number of ether oxygens (including phenoxy) is 1. The number of carbonyl (C=O) groups excluding carboxylic acids is 1. The number of carbonyl (C=O) groups is 1. The molecule has 0 spiro atoms. The third-order valence-electron chi connectivity index (χ3n) is 4.83. The van der Waals surface area contributed by atoms with Crippen LogP contribution in [0.15, 0.2) is 35.7 Å². The van der Waals surface area contributed by atoms with Crippen LogP contribution in [0.4, 0.5) is 5.82 Å². The van der Waals surface area contributed by atoms with Gasteiger partial charge in [0.25, 0.3) is 0 Å². The maximum atomic E-state index is 12.4. The summed E-state index contributed by atoms with van der Waals surface area (Å²) in [6, 6.07) is 9.98. The number of amides is 1. The Morgan fingerprint density at radius 1 is 1.36 bits per heavy atom. The molecule has 5 rings (SSSR count). The lowest BCUT2D eigenvalue weighted by Gasteiger charge is -2.22. The van der Waals surface area contributed by atoms with Gasteiger partial charge in [0.05, 0.1) is 22.5 Å². The number of aromatic nitrogens is 3. The van der Waals surface area contributed by atoms with E-state index in [4.69, 9.17) is 14.8 Å². The lowest BCUT2D eigenvalue weighted by molar-refractivity contribution is -0.116. The highest BCUT2D eigenvalue weighted by atomic mass is 32.1. The summed E-state index contributed by atoms with van der Waals surface area (Å²) in [6.45, 7) is 4.58. The number of hydrogen-bond acceptors (Lipinski definition) is 6. The zero-order chi connectivity index (χ0) is 19.3. The number of fused-ring (bicyclic) bond motifs is 2. The zero-order valence-corrected chi connectivity index (χ0v) is 17.1. The summed E-state index contributed by atoms with van der Waals surface area (Å²) >= 11 is 3.21. The zero-order valence-electron chi connectivity index (χ0n) is 15.4. The van der Waals surface area contributed by atoms with Crippen molar-refractivity contribution >= 4 is 44.6 Å². The van der Waals surface area contributed by atoms with Gasteiger partial charge in [-0.05, 0) is 43.5 Å². The molecule has 0 saturated carbocycles. The first-order valence-electron chi connectivity index (χ1n) is 9.10. The molecule has 1 amide bonds. The van der Waals surface area contributed by atoms with Gasteiger partial charge in [-0.3, -0.25) is 4.79 Å². The van der Waals surface area contributed by atoms with E-state index in [1.165, 1.54) is 16.2 Å². The van der Waals surface area contributed by atoms with Gasteiger partial charge in [-0.2, -0.15) is 9.78 Å². The summed E-state index contributed by atoms with van der Waals surface area (Å²) in [7, 11) is 0. The summed E-state index contributed by atoms with van der Waals surface area (Å²) in [4.78, 5) is 18.3. The number of rotatable bonds is 4. The fraction of sp³-hybridized carbons (Fsp3) is 0.250. The average Bonchev–Trinajstić information content (AvgIpc) is 3.40. The van der Waals surface area contributed by atoms with Gasteiger partial charge in [0, 0.05) is 22.8 Å². The van der Waals surface area contributed by atoms with Crippen LogP contribution in [0.1, 0.15) is 35.4 Å². The van der Waals surface area contributed by atoms with Crippen LogP contribution in [0.25, 0.3) is 15.3 Å². The Labute approximate surface area is 169 Å². The fourth-order valence-corrected chi connectivity index (χ4v) is 5.45. The molecular weight excluding hydrogens is 392 g/mol. The molecule has 28 heavy (non-hydrogen) atoms. The van der Waals surface area contributed by atoms with Crippen LogP contribution < -0.4 is 10.1 Å². The topological polar surface area (TPSA) is 69.0 Å². The third-order valence-corrected chi connectivity index (χ3v) is 6.81. The van der Waals surface area contributed by atoms with Crippen molar-refractivity contribution in [3.8, 4) is 10.9 Å². The van der Waals surface area contributed by atoms with Crippen molar-refractivity contribution in [3.63, 3.8) is 0 Å². The predicted molar refractivity (Wildman–Crippen MR) is 112 cm³/mol. The van der Waals surface area contributed by atoms with Gasteiger partial charge in [-0.25, -0.2) is 4.98 Å². The second-order valence-electron chi connectivity index (χ2n) is 6.64. The average molecular weight is 411 g/mol. The highest BCUT2D eigenvalue weighted by Gasteiger charge is 2.33. The Balaban J connectivity index is 1.63. The number of hydrogen-bond donors (Lipinski definition) is 1. The summed E-state index contributed by atoms with van der Waals surface area (Å²) in [5.41, 5.74) is 2.89. The summed E-state index contributed by atoms with van der Waals surface area (Å²) < 4.78 is 8.39. The first-order chi connectivity index (χ1) is 13.6. The quantitative estimate of drug-likeness (QED) is 0.528. The van der Waals surface area contributed by atoms with Crippen molar-refractivity contribution in [2.75, 3.05) is 11.9 Å². The minimum atomic E-state index is 0.00629. The van der Waals surface area contributed by atoms with Gasteiger partial charge in [-0.15, -0.1) is 11.3 Å². The molecule has 3 aromatic heterocycles. The highest BCUT2D eigenvalue weighted by molar-refractivity contribution is 7.20. The van der Waals surface area contributed by atoms with Gasteiger partial charge in [0.15, 0.2) is 0 Å². The smallest absolute Gasteiger partial charge is 0.226 e. The molecule has 1 aliphatic rings. The molecule has 1 aliphatic heterocycles. The summed E-state index contributed by atoms with van der Waals surface area (Å²) in [6.07, 6.45) is 0.442. The van der Waals surface area contributed by atoms with Crippen molar-refractivity contribution in [2.45, 2.75) is 26.2 Å². The van der Waals surface area contributed by atoms with E-state index in [9.17, 15) is 4.79 Å². The number of nitrogens with one attached hydrogen (secondary N) is 1. The molecule has 0 fully saturated rings. The van der Waals surface area contributed by atoms with Crippen LogP contribution in [-0.4, -0.2) is 27.3 Å². The van der Waals surface area contributed by atoms with Gasteiger partial charge in [0.1, 0.15) is 11.6 Å². The molecule has 4 aromatic rings. The predicted octanol–water partition coefficient (Wildman–Crippen LogP) is 4.72. The van der Waals surface area contributed by atoms with Crippen LogP contribution in [0.2, 0.25) is 0 Å². The maximum absolute atomic E-state index is 12.4. The van der Waals surface area contributed by atoms with Crippen LogP contribution in [-0.2, 0) is 4.79 Å². The molecule has 1 aromatic carbocycles.